The molecule has 5 heteroatoms. The van der Waals surface area contributed by atoms with E-state index in [9.17, 15) is 4.79 Å². The molecule has 21 heavy (non-hydrogen) atoms. The molecule has 0 radical (unpaired) electrons. The number of pyridine rings is 1. The number of rotatable bonds is 2. The molecule has 1 saturated heterocycles. The number of piperazine rings is 1. The monoisotopic (exact) mass is 284 g/mol. The summed E-state index contributed by atoms with van der Waals surface area (Å²) in [6, 6.07) is 5.76. The van der Waals surface area contributed by atoms with Gasteiger partial charge in [-0.1, -0.05) is 12.8 Å². The molecule has 5 nitrogen and oxygen atoms in total. The molecule has 2 fully saturated rings. The summed E-state index contributed by atoms with van der Waals surface area (Å²) in [5.41, 5.74) is 0.605. The Labute approximate surface area is 125 Å². The minimum absolute atomic E-state index is 0.251. The molecule has 1 aliphatic carbocycles. The molecule has 1 saturated carbocycles. The first-order valence-electron chi connectivity index (χ1n) is 7.68. The Hall–Kier alpha value is -2.09. The predicted molar refractivity (Wildman–Crippen MR) is 79.7 cm³/mol. The standard InChI is InChI=1S/C16H20N4O/c17-12-14-6-3-7-18-15(14)19-8-10-20(11-9-19)16(21)13-4-1-2-5-13/h3,6-7,13H,1-2,4-5,8-11H2. The fraction of sp³-hybridized carbons (Fsp3) is 0.562. The van der Waals surface area contributed by atoms with E-state index in [0.717, 1.165) is 44.8 Å². The van der Waals surface area contributed by atoms with Crippen molar-refractivity contribution in [1.29, 1.82) is 5.26 Å². The molecular formula is C16H20N4O. The van der Waals surface area contributed by atoms with E-state index >= 15 is 0 Å². The third-order valence-electron chi connectivity index (χ3n) is 4.50. The molecule has 110 valence electrons. The van der Waals surface area contributed by atoms with Crippen molar-refractivity contribution >= 4 is 11.7 Å². The second-order valence-corrected chi connectivity index (χ2v) is 5.78. The maximum atomic E-state index is 12.4. The number of hydrogen-bond donors (Lipinski definition) is 0. The minimum Gasteiger partial charge on any atom is -0.352 e. The summed E-state index contributed by atoms with van der Waals surface area (Å²) in [6.07, 6.45) is 6.20. The van der Waals surface area contributed by atoms with Crippen LogP contribution < -0.4 is 4.90 Å². The third kappa shape index (κ3) is 2.85. The second kappa shape index (κ2) is 6.13. The van der Waals surface area contributed by atoms with Gasteiger partial charge in [-0.25, -0.2) is 4.98 Å². The average Bonchev–Trinajstić information content (AvgIpc) is 3.09. The molecule has 0 atom stereocenters. The lowest BCUT2D eigenvalue weighted by Gasteiger charge is -2.36. The summed E-state index contributed by atoms with van der Waals surface area (Å²) in [5, 5.41) is 9.15. The van der Waals surface area contributed by atoms with Gasteiger partial charge in [-0.15, -0.1) is 0 Å². The van der Waals surface area contributed by atoms with Crippen molar-refractivity contribution in [3.63, 3.8) is 0 Å². The predicted octanol–water partition coefficient (Wildman–Crippen LogP) is 1.79. The van der Waals surface area contributed by atoms with Crippen LogP contribution >= 0.6 is 0 Å². The summed E-state index contributed by atoms with van der Waals surface area (Å²) in [6.45, 7) is 2.97. The molecule has 0 bridgehead atoms. The third-order valence-corrected chi connectivity index (χ3v) is 4.50. The summed E-state index contributed by atoms with van der Waals surface area (Å²) in [7, 11) is 0. The first-order chi connectivity index (χ1) is 10.3. The highest BCUT2D eigenvalue weighted by atomic mass is 16.2. The van der Waals surface area contributed by atoms with Crippen LogP contribution in [0.15, 0.2) is 18.3 Å². The van der Waals surface area contributed by atoms with Gasteiger partial charge in [0.1, 0.15) is 11.9 Å². The molecule has 0 aromatic carbocycles. The summed E-state index contributed by atoms with van der Waals surface area (Å²) in [4.78, 5) is 20.8. The van der Waals surface area contributed by atoms with Gasteiger partial charge >= 0.3 is 0 Å². The van der Waals surface area contributed by atoms with E-state index in [1.54, 1.807) is 18.3 Å². The van der Waals surface area contributed by atoms with Crippen LogP contribution in [0.2, 0.25) is 0 Å². The normalized spacial score (nSPS) is 19.6. The van der Waals surface area contributed by atoms with Crippen LogP contribution in [0.4, 0.5) is 5.82 Å². The molecule has 0 spiro atoms. The van der Waals surface area contributed by atoms with Crippen molar-refractivity contribution in [2.45, 2.75) is 25.7 Å². The van der Waals surface area contributed by atoms with Crippen molar-refractivity contribution in [3.8, 4) is 6.07 Å². The van der Waals surface area contributed by atoms with E-state index in [-0.39, 0.29) is 5.92 Å². The van der Waals surface area contributed by atoms with E-state index in [1.807, 2.05) is 4.90 Å². The lowest BCUT2D eigenvalue weighted by atomic mass is 10.1. The van der Waals surface area contributed by atoms with E-state index in [1.165, 1.54) is 12.8 Å². The second-order valence-electron chi connectivity index (χ2n) is 5.78. The van der Waals surface area contributed by atoms with Gasteiger partial charge in [0.2, 0.25) is 5.91 Å². The fourth-order valence-corrected chi connectivity index (χ4v) is 3.31. The van der Waals surface area contributed by atoms with Gasteiger partial charge < -0.3 is 9.80 Å². The van der Waals surface area contributed by atoms with E-state index in [0.29, 0.717) is 11.5 Å². The van der Waals surface area contributed by atoms with Gasteiger partial charge in [0.25, 0.3) is 0 Å². The number of anilines is 1. The topological polar surface area (TPSA) is 60.2 Å². The number of hydrogen-bond acceptors (Lipinski definition) is 4. The number of carbonyl (C=O) groups excluding carboxylic acids is 1. The highest BCUT2D eigenvalue weighted by molar-refractivity contribution is 5.79. The van der Waals surface area contributed by atoms with Gasteiger partial charge in [0.15, 0.2) is 0 Å². The lowest BCUT2D eigenvalue weighted by molar-refractivity contribution is -0.135. The highest BCUT2D eigenvalue weighted by Crippen LogP contribution is 2.27. The molecule has 2 aliphatic rings. The number of nitrogens with zero attached hydrogens (tertiary/aromatic N) is 4. The summed E-state index contributed by atoms with van der Waals surface area (Å²) in [5.74, 6) is 1.32. The zero-order valence-electron chi connectivity index (χ0n) is 12.2. The molecule has 1 aromatic rings. The van der Waals surface area contributed by atoms with Crippen LogP contribution in [-0.2, 0) is 4.79 Å². The molecule has 2 heterocycles. The molecule has 1 aromatic heterocycles. The number of aromatic nitrogens is 1. The minimum atomic E-state index is 0.251. The summed E-state index contributed by atoms with van der Waals surface area (Å²) < 4.78 is 0. The quantitative estimate of drug-likeness (QED) is 0.830. The van der Waals surface area contributed by atoms with Gasteiger partial charge in [-0.05, 0) is 25.0 Å². The van der Waals surface area contributed by atoms with Gasteiger partial charge in [0.05, 0.1) is 5.56 Å². The molecule has 0 N–H and O–H groups in total. The summed E-state index contributed by atoms with van der Waals surface area (Å²) >= 11 is 0. The molecule has 1 amide bonds. The van der Waals surface area contributed by atoms with Gasteiger partial charge in [0, 0.05) is 38.3 Å². The molecule has 1 aliphatic heterocycles. The van der Waals surface area contributed by atoms with E-state index < -0.39 is 0 Å². The first-order valence-corrected chi connectivity index (χ1v) is 7.68. The van der Waals surface area contributed by atoms with E-state index in [2.05, 4.69) is 16.0 Å². The molecule has 3 rings (SSSR count). The Balaban J connectivity index is 1.62. The van der Waals surface area contributed by atoms with Crippen molar-refractivity contribution < 1.29 is 4.79 Å². The number of nitriles is 1. The Kier molecular flexibility index (Phi) is 4.05. The maximum Gasteiger partial charge on any atom is 0.225 e. The zero-order chi connectivity index (χ0) is 14.7. The van der Waals surface area contributed by atoms with Crippen LogP contribution in [0, 0.1) is 17.2 Å². The molecular weight excluding hydrogens is 264 g/mol. The van der Waals surface area contributed by atoms with Crippen LogP contribution in [0.3, 0.4) is 0 Å². The Morgan fingerprint density at radius 1 is 1.24 bits per heavy atom. The number of carbonyl (C=O) groups is 1. The van der Waals surface area contributed by atoms with Crippen LogP contribution in [0.25, 0.3) is 0 Å². The Morgan fingerprint density at radius 2 is 1.95 bits per heavy atom. The van der Waals surface area contributed by atoms with E-state index in [4.69, 9.17) is 5.26 Å². The Morgan fingerprint density at radius 3 is 2.62 bits per heavy atom. The van der Waals surface area contributed by atoms with Crippen LogP contribution in [-0.4, -0.2) is 42.0 Å². The van der Waals surface area contributed by atoms with Crippen LogP contribution in [0.1, 0.15) is 31.2 Å². The fourth-order valence-electron chi connectivity index (χ4n) is 3.31. The molecule has 0 unspecified atom stereocenters. The van der Waals surface area contributed by atoms with Crippen LogP contribution in [0.5, 0.6) is 0 Å². The first kappa shape index (κ1) is 13.9. The van der Waals surface area contributed by atoms with Crippen molar-refractivity contribution in [2.24, 2.45) is 5.92 Å². The van der Waals surface area contributed by atoms with Crippen molar-refractivity contribution in [2.75, 3.05) is 31.1 Å². The lowest BCUT2D eigenvalue weighted by Crippen LogP contribution is -2.50. The van der Waals surface area contributed by atoms with Gasteiger partial charge in [-0.2, -0.15) is 5.26 Å². The van der Waals surface area contributed by atoms with Crippen molar-refractivity contribution in [3.05, 3.63) is 23.9 Å². The smallest absolute Gasteiger partial charge is 0.225 e. The van der Waals surface area contributed by atoms with Gasteiger partial charge in [-0.3, -0.25) is 4.79 Å². The number of amides is 1. The Bertz CT molecular complexity index is 552. The largest absolute Gasteiger partial charge is 0.352 e. The zero-order valence-corrected chi connectivity index (χ0v) is 12.2. The average molecular weight is 284 g/mol. The van der Waals surface area contributed by atoms with Crippen molar-refractivity contribution in [1.82, 2.24) is 9.88 Å². The maximum absolute atomic E-state index is 12.4. The SMILES string of the molecule is N#Cc1cccnc1N1CCN(C(=O)C2CCCC2)CC1. The highest BCUT2D eigenvalue weighted by Gasteiger charge is 2.30.